The molecule has 16 heteroatoms. The molecule has 0 fully saturated rings. The van der Waals surface area contributed by atoms with Gasteiger partial charge in [-0.05, 0) is 133 Å². The number of unbranched alkanes of at least 4 members (excludes halogenated alkanes) is 30. The number of carbonyl (C=O) groups is 2. The zero-order valence-electron chi connectivity index (χ0n) is 59.7. The highest BCUT2D eigenvalue weighted by molar-refractivity contribution is 7.99. The Hall–Kier alpha value is -7.00. The number of benzene rings is 6. The Labute approximate surface area is 643 Å². The summed E-state index contributed by atoms with van der Waals surface area (Å²) >= 11 is 27.2. The predicted molar refractivity (Wildman–Crippen MR) is 438 cm³/mol. The number of aromatic hydroxyl groups is 2. The number of H-pyrrole nitrogens is 2. The van der Waals surface area contributed by atoms with Gasteiger partial charge in [-0.3, -0.25) is 9.59 Å². The van der Waals surface area contributed by atoms with Gasteiger partial charge >= 0.3 is 0 Å². The summed E-state index contributed by atoms with van der Waals surface area (Å²) in [6.45, 7) is 4.57. The first-order chi connectivity index (χ1) is 49.8. The summed E-state index contributed by atoms with van der Waals surface area (Å²) in [5.74, 6) is 1.45. The number of hydrogen-bond donors (Lipinski definition) is 4. The number of aromatic nitrogens is 2. The molecular weight excluding hydrogens is 1400 g/mol. The van der Waals surface area contributed by atoms with Crippen LogP contribution in [0.2, 0.25) is 20.1 Å². The number of thioether (sulfide) groups is 2. The van der Waals surface area contributed by atoms with Crippen LogP contribution in [0.25, 0.3) is 22.5 Å². The largest absolute Gasteiger partial charge is 0.494 e. The Kier molecular flexibility index (Phi) is 40.3. The normalized spacial score (nSPS) is 11.8. The Morgan fingerprint density at radius 3 is 0.854 bits per heavy atom. The number of nitrogens with zero attached hydrogens (tertiary/aromatic N) is 4. The van der Waals surface area contributed by atoms with Gasteiger partial charge in [0.2, 0.25) is 0 Å². The minimum absolute atomic E-state index is 0. The summed E-state index contributed by atoms with van der Waals surface area (Å²) in [6, 6.07) is 48.2. The summed E-state index contributed by atoms with van der Waals surface area (Å²) in [7, 11) is 0. The van der Waals surface area contributed by atoms with Crippen molar-refractivity contribution in [2.24, 2.45) is 9.98 Å². The highest BCUT2D eigenvalue weighted by Gasteiger charge is 2.35. The van der Waals surface area contributed by atoms with Crippen molar-refractivity contribution in [1.29, 1.82) is 10.5 Å². The molecule has 0 saturated carbocycles. The van der Waals surface area contributed by atoms with Gasteiger partial charge in [-0.2, -0.15) is 10.5 Å². The molecule has 6 aromatic carbocycles. The fourth-order valence-electron chi connectivity index (χ4n) is 12.5. The molecule has 2 amide bonds. The molecule has 548 valence electrons. The second kappa shape index (κ2) is 48.9. The third-order valence-electron chi connectivity index (χ3n) is 18.3. The van der Waals surface area contributed by atoms with Gasteiger partial charge in [0.25, 0.3) is 11.8 Å². The monoisotopic (exact) mass is 1500 g/mol. The van der Waals surface area contributed by atoms with Gasteiger partial charge in [0.1, 0.15) is 0 Å². The number of carbonyl (C=O) groups excluding carboxylic acids is 2. The topological polar surface area (TPSA) is 178 Å². The van der Waals surface area contributed by atoms with Crippen LogP contribution in [0.4, 0.5) is 0 Å². The number of rotatable bonds is 40. The van der Waals surface area contributed by atoms with Gasteiger partial charge in [-0.1, -0.05) is 309 Å². The van der Waals surface area contributed by atoms with E-state index in [9.17, 15) is 19.8 Å². The first-order valence-corrected chi connectivity index (χ1v) is 40.8. The molecule has 103 heavy (non-hydrogen) atoms. The maximum Gasteiger partial charge on any atom is 0.280 e. The molecule has 4 N–H and O–H groups in total. The number of halogens is 4. The van der Waals surface area contributed by atoms with Crippen molar-refractivity contribution < 1.29 is 19.8 Å². The molecule has 0 bridgehead atoms. The lowest BCUT2D eigenvalue weighted by Gasteiger charge is -2.05. The molecule has 0 unspecified atom stereocenters. The minimum atomic E-state index is -0.392. The van der Waals surface area contributed by atoms with Crippen LogP contribution in [0.3, 0.4) is 0 Å². The summed E-state index contributed by atoms with van der Waals surface area (Å²) in [4.78, 5) is 42.0. The Morgan fingerprint density at radius 1 is 0.340 bits per heavy atom. The highest BCUT2D eigenvalue weighted by atomic mass is 35.5. The van der Waals surface area contributed by atoms with Crippen LogP contribution < -0.4 is 0 Å². The van der Waals surface area contributed by atoms with E-state index in [-0.39, 0.29) is 25.1 Å². The quantitative estimate of drug-likeness (QED) is 0.0216. The Bertz CT molecular complexity index is 3930. The molecular formula is C87H106Cl4N6O4S2. The fraction of sp³-hybridized carbons (Fsp3) is 0.425. The third kappa shape index (κ3) is 29.5. The zero-order valence-corrected chi connectivity index (χ0v) is 64.4. The van der Waals surface area contributed by atoms with Gasteiger partial charge in [-0.25, -0.2) is 9.98 Å². The van der Waals surface area contributed by atoms with Gasteiger partial charge in [-0.15, -0.1) is 23.5 Å². The number of aliphatic imine (C=N–C) groups is 2. The van der Waals surface area contributed by atoms with Gasteiger partial charge < -0.3 is 20.2 Å². The van der Waals surface area contributed by atoms with Crippen molar-refractivity contribution in [2.45, 2.75) is 237 Å². The smallest absolute Gasteiger partial charge is 0.280 e. The van der Waals surface area contributed by atoms with Crippen LogP contribution in [-0.2, 0) is 0 Å². The lowest BCUT2D eigenvalue weighted by atomic mass is 10.0. The molecule has 10 rings (SSSR count). The average Bonchev–Trinajstić information content (AvgIpc) is 1.60. The van der Waals surface area contributed by atoms with Gasteiger partial charge in [0.15, 0.2) is 11.8 Å². The Morgan fingerprint density at radius 2 is 0.573 bits per heavy atom. The summed E-state index contributed by atoms with van der Waals surface area (Å²) in [6.07, 6.45) is 45.0. The Balaban J connectivity index is 0.000000236. The SMILES string of the molecule is C.CCCCCCCCCCCCCCCCCCSc1ccc(-c2[nH]c(O)c3c2C(=O)N=C3c2ccc(Cl)cc2)cc1.CCCCCCCCCCCCCCCCCCSc1ccc(C#N)cc1.N#Cc1ccc(Cl)cc1.O=C1N=C(c2ccc(Cl)cc2)c2c(O)[nH]c(-c3ccc(Cl)cc3)c21. The average molecular weight is 1510 g/mol. The van der Waals surface area contributed by atoms with Crippen LogP contribution in [0, 0.1) is 22.7 Å². The molecule has 8 aromatic rings. The van der Waals surface area contributed by atoms with E-state index >= 15 is 0 Å². The van der Waals surface area contributed by atoms with Gasteiger partial charge in [0, 0.05) is 41.0 Å². The van der Waals surface area contributed by atoms with Crippen molar-refractivity contribution in [3.8, 4) is 46.4 Å². The number of hydrogen-bond acceptors (Lipinski definition) is 8. The molecule has 2 aliphatic heterocycles. The van der Waals surface area contributed by atoms with Gasteiger partial charge in [0.05, 0.1) is 68.3 Å². The number of nitriles is 2. The molecule has 0 aliphatic carbocycles. The second-order valence-electron chi connectivity index (χ2n) is 26.3. The van der Waals surface area contributed by atoms with E-state index in [4.69, 9.17) is 56.9 Å². The van der Waals surface area contributed by atoms with Crippen molar-refractivity contribution >= 4 is 93.2 Å². The van der Waals surface area contributed by atoms with Crippen molar-refractivity contribution in [1.82, 2.24) is 9.97 Å². The van der Waals surface area contributed by atoms with E-state index in [1.54, 1.807) is 97.1 Å². The highest BCUT2D eigenvalue weighted by Crippen LogP contribution is 2.41. The van der Waals surface area contributed by atoms with E-state index < -0.39 is 5.91 Å². The lowest BCUT2D eigenvalue weighted by Crippen LogP contribution is -1.99. The number of aromatic amines is 2. The summed E-state index contributed by atoms with van der Waals surface area (Å²) < 4.78 is 0. The molecule has 10 nitrogen and oxygen atoms in total. The maximum atomic E-state index is 12.8. The number of fused-ring (bicyclic) bond motifs is 2. The first-order valence-electron chi connectivity index (χ1n) is 37.3. The van der Waals surface area contributed by atoms with E-state index in [0.717, 1.165) is 28.0 Å². The van der Waals surface area contributed by atoms with Crippen LogP contribution >= 0.6 is 69.9 Å². The van der Waals surface area contributed by atoms with E-state index in [0.29, 0.717) is 76.3 Å². The van der Waals surface area contributed by atoms with Crippen LogP contribution in [0.1, 0.15) is 281 Å². The second-order valence-corrected chi connectivity index (χ2v) is 30.4. The summed E-state index contributed by atoms with van der Waals surface area (Å²) in [5.41, 5.74) is 8.14. The van der Waals surface area contributed by atoms with E-state index in [2.05, 4.69) is 64.1 Å². The third-order valence-corrected chi connectivity index (χ3v) is 21.5. The first kappa shape index (κ1) is 84.9. The van der Waals surface area contributed by atoms with Crippen molar-refractivity contribution in [2.75, 3.05) is 11.5 Å². The molecule has 0 saturated heterocycles. The fourth-order valence-corrected chi connectivity index (χ4v) is 14.8. The molecule has 0 spiro atoms. The molecule has 2 aliphatic rings. The van der Waals surface area contributed by atoms with E-state index in [1.807, 2.05) is 53.9 Å². The number of nitrogens with one attached hydrogen (secondary N) is 2. The van der Waals surface area contributed by atoms with Crippen molar-refractivity contribution in [3.63, 3.8) is 0 Å². The molecule has 0 atom stereocenters. The molecule has 4 heterocycles. The molecule has 2 aromatic heterocycles. The van der Waals surface area contributed by atoms with Crippen molar-refractivity contribution in [3.05, 3.63) is 210 Å². The maximum absolute atomic E-state index is 12.8. The minimum Gasteiger partial charge on any atom is -0.494 e. The lowest BCUT2D eigenvalue weighted by molar-refractivity contribution is 0.0998. The predicted octanol–water partition coefficient (Wildman–Crippen LogP) is 27.8. The van der Waals surface area contributed by atoms with Crippen LogP contribution in [0.15, 0.2) is 165 Å². The van der Waals surface area contributed by atoms with E-state index in [1.165, 1.54) is 221 Å². The summed E-state index contributed by atoms with van der Waals surface area (Å²) in [5, 5.41) is 40.6. The van der Waals surface area contributed by atoms with Crippen LogP contribution in [-0.4, -0.2) is 54.9 Å². The van der Waals surface area contributed by atoms with Crippen LogP contribution in [0.5, 0.6) is 11.8 Å². The standard InChI is InChI=1S/C36H47ClN2O2S.C25H41NS.C18H10Cl2N2O2.C7H4ClN.CH4/c1-2-3-4-5-6-7-8-9-10-11-12-13-14-15-16-17-26-42-30-24-20-28(21-25-30)34-32-31(35(40)39-34)33(38-36(32)41)27-18-22-29(37)23-19-27;1-2-3-4-5-6-7-8-9-10-11-12-13-14-15-16-17-22-27-25-20-18-24(23-26)19-21-25;19-11-5-1-9(2-6-11)15-13-14(18(24)21-15)16(22-17(13)23)10-3-7-12(20)8-4-10;8-7-3-1-6(5-9)2-4-7;/h18-25,39-40H,2-17,26H2,1H3;18-21H,2-17,22H2,1H3;1-8,21,24H;1-4H;1H4. The number of amides is 2. The zero-order chi connectivity index (χ0) is 72.5. The molecule has 0 radical (unpaired) electrons.